The zero-order valence-electron chi connectivity index (χ0n) is 11.1. The quantitative estimate of drug-likeness (QED) is 0.931. The van der Waals surface area contributed by atoms with E-state index < -0.39 is 11.6 Å². The molecule has 5 nitrogen and oxygen atoms in total. The highest BCUT2D eigenvalue weighted by atomic mass is 19.2. The van der Waals surface area contributed by atoms with Crippen LogP contribution in [-0.4, -0.2) is 16.1 Å². The summed E-state index contributed by atoms with van der Waals surface area (Å²) in [5, 5.41) is 3.08. The molecule has 2 heterocycles. The Morgan fingerprint density at radius 3 is 2.90 bits per heavy atom. The molecule has 3 rings (SSSR count). The average molecular weight is 293 g/mol. The van der Waals surface area contributed by atoms with Gasteiger partial charge in [-0.1, -0.05) is 6.07 Å². The van der Waals surface area contributed by atoms with Gasteiger partial charge in [0.05, 0.1) is 18.9 Å². The van der Waals surface area contributed by atoms with E-state index in [1.165, 1.54) is 6.07 Å². The van der Waals surface area contributed by atoms with E-state index >= 15 is 0 Å². The van der Waals surface area contributed by atoms with Crippen molar-refractivity contribution in [1.29, 1.82) is 0 Å². The average Bonchev–Trinajstić information content (AvgIpc) is 2.92. The monoisotopic (exact) mass is 293 g/mol. The number of nitrogens with one attached hydrogen (secondary N) is 1. The molecule has 1 aliphatic rings. The minimum absolute atomic E-state index is 0.116. The van der Waals surface area contributed by atoms with Crippen molar-refractivity contribution in [3.05, 3.63) is 57.6 Å². The normalized spacial score (nSPS) is 13.0. The standard InChI is InChI=1S/C14H13F2N3O2/c15-11-2-1-9(5-12(11)16)7-21-8-10-6-13-17-3-4-19(13)14(20)18-10/h1-2,5-6,17H,3-4,7-8H2. The van der Waals surface area contributed by atoms with Crippen LogP contribution >= 0.6 is 0 Å². The lowest BCUT2D eigenvalue weighted by Gasteiger charge is -2.07. The molecule has 2 aromatic rings. The third kappa shape index (κ3) is 2.92. The molecule has 7 heteroatoms. The predicted molar refractivity (Wildman–Crippen MR) is 71.8 cm³/mol. The first-order valence-electron chi connectivity index (χ1n) is 6.50. The van der Waals surface area contributed by atoms with Gasteiger partial charge in [0, 0.05) is 19.2 Å². The summed E-state index contributed by atoms with van der Waals surface area (Å²) in [6.07, 6.45) is 0. The molecule has 0 spiro atoms. The third-order valence-corrected chi connectivity index (χ3v) is 3.21. The summed E-state index contributed by atoms with van der Waals surface area (Å²) in [4.78, 5) is 15.6. The predicted octanol–water partition coefficient (Wildman–Crippen LogP) is 1.66. The second kappa shape index (κ2) is 5.61. The van der Waals surface area contributed by atoms with E-state index in [9.17, 15) is 13.6 Å². The smallest absolute Gasteiger partial charge is 0.349 e. The zero-order chi connectivity index (χ0) is 14.8. The molecule has 0 aliphatic carbocycles. The lowest BCUT2D eigenvalue weighted by molar-refractivity contribution is 0.104. The number of benzene rings is 1. The number of fused-ring (bicyclic) bond motifs is 1. The second-order valence-corrected chi connectivity index (χ2v) is 4.73. The topological polar surface area (TPSA) is 56.1 Å². The van der Waals surface area contributed by atoms with E-state index in [0.717, 1.165) is 18.0 Å². The maximum Gasteiger partial charge on any atom is 0.349 e. The summed E-state index contributed by atoms with van der Waals surface area (Å²) >= 11 is 0. The number of ether oxygens (including phenoxy) is 1. The van der Waals surface area contributed by atoms with E-state index in [1.54, 1.807) is 10.6 Å². The Balaban J connectivity index is 1.64. The van der Waals surface area contributed by atoms with Crippen molar-refractivity contribution in [2.75, 3.05) is 11.9 Å². The van der Waals surface area contributed by atoms with Crippen molar-refractivity contribution >= 4 is 5.82 Å². The van der Waals surface area contributed by atoms with Gasteiger partial charge in [0.1, 0.15) is 5.82 Å². The Kier molecular flexibility index (Phi) is 3.66. The van der Waals surface area contributed by atoms with Crippen molar-refractivity contribution < 1.29 is 13.5 Å². The summed E-state index contributed by atoms with van der Waals surface area (Å²) in [5.41, 5.74) is 0.706. The second-order valence-electron chi connectivity index (χ2n) is 4.73. The third-order valence-electron chi connectivity index (χ3n) is 3.21. The van der Waals surface area contributed by atoms with E-state index in [4.69, 9.17) is 4.74 Å². The summed E-state index contributed by atoms with van der Waals surface area (Å²) in [6, 6.07) is 5.34. The summed E-state index contributed by atoms with van der Waals surface area (Å²) < 4.78 is 32.8. The number of halogens is 2. The lowest BCUT2D eigenvalue weighted by atomic mass is 10.2. The minimum atomic E-state index is -0.908. The number of nitrogens with zero attached hydrogens (tertiary/aromatic N) is 2. The fraction of sp³-hybridized carbons (Fsp3) is 0.286. The Hall–Kier alpha value is -2.28. The first kappa shape index (κ1) is 13.7. The Morgan fingerprint density at radius 1 is 1.24 bits per heavy atom. The van der Waals surface area contributed by atoms with Gasteiger partial charge in [0.25, 0.3) is 0 Å². The zero-order valence-corrected chi connectivity index (χ0v) is 11.1. The van der Waals surface area contributed by atoms with Crippen molar-refractivity contribution in [2.45, 2.75) is 19.8 Å². The van der Waals surface area contributed by atoms with Gasteiger partial charge >= 0.3 is 5.69 Å². The number of anilines is 1. The molecule has 0 fully saturated rings. The summed E-state index contributed by atoms with van der Waals surface area (Å²) in [6.45, 7) is 1.56. The lowest BCUT2D eigenvalue weighted by Crippen LogP contribution is -2.22. The molecule has 0 radical (unpaired) electrons. The maximum absolute atomic E-state index is 13.0. The van der Waals surface area contributed by atoms with E-state index in [2.05, 4.69) is 10.3 Å². The van der Waals surface area contributed by atoms with Crippen LogP contribution in [0.2, 0.25) is 0 Å². The number of hydrogen-bond donors (Lipinski definition) is 1. The SMILES string of the molecule is O=c1nc(COCc2ccc(F)c(F)c2)cc2n1CCN2. The summed E-state index contributed by atoms with van der Waals surface area (Å²) in [7, 11) is 0. The van der Waals surface area contributed by atoms with Crippen molar-refractivity contribution in [1.82, 2.24) is 9.55 Å². The molecule has 21 heavy (non-hydrogen) atoms. The Labute approximate surface area is 119 Å². The Morgan fingerprint density at radius 2 is 2.10 bits per heavy atom. The minimum Gasteiger partial charge on any atom is -0.370 e. The van der Waals surface area contributed by atoms with Crippen LogP contribution in [0.4, 0.5) is 14.6 Å². The Bertz CT molecular complexity index is 731. The van der Waals surface area contributed by atoms with Gasteiger partial charge in [-0.3, -0.25) is 4.57 Å². The number of rotatable bonds is 4. The highest BCUT2D eigenvalue weighted by Crippen LogP contribution is 2.13. The van der Waals surface area contributed by atoms with Crippen LogP contribution in [0.15, 0.2) is 29.1 Å². The molecule has 0 saturated carbocycles. The molecule has 0 saturated heterocycles. The van der Waals surface area contributed by atoms with Crippen LogP contribution in [0.1, 0.15) is 11.3 Å². The number of aromatic nitrogens is 2. The first-order chi connectivity index (χ1) is 10.1. The molecule has 1 aromatic carbocycles. The molecule has 0 atom stereocenters. The molecular formula is C14H13F2N3O2. The first-order valence-corrected chi connectivity index (χ1v) is 6.50. The summed E-state index contributed by atoms with van der Waals surface area (Å²) in [5.74, 6) is -1.08. The van der Waals surface area contributed by atoms with Gasteiger partial charge in [0.15, 0.2) is 11.6 Å². The van der Waals surface area contributed by atoms with E-state index in [-0.39, 0.29) is 18.9 Å². The largest absolute Gasteiger partial charge is 0.370 e. The molecule has 1 aromatic heterocycles. The molecule has 1 aliphatic heterocycles. The van der Waals surface area contributed by atoms with Gasteiger partial charge in [-0.05, 0) is 17.7 Å². The molecule has 1 N–H and O–H groups in total. The highest BCUT2D eigenvalue weighted by molar-refractivity contribution is 5.39. The van der Waals surface area contributed by atoms with Gasteiger partial charge < -0.3 is 10.1 Å². The van der Waals surface area contributed by atoms with Crippen LogP contribution in [0.25, 0.3) is 0 Å². The highest BCUT2D eigenvalue weighted by Gasteiger charge is 2.13. The fourth-order valence-corrected chi connectivity index (χ4v) is 2.19. The van der Waals surface area contributed by atoms with Crippen LogP contribution in [0, 0.1) is 11.6 Å². The van der Waals surface area contributed by atoms with Gasteiger partial charge in [-0.15, -0.1) is 0 Å². The van der Waals surface area contributed by atoms with Crippen LogP contribution in [-0.2, 0) is 24.5 Å². The molecule has 0 unspecified atom stereocenters. The molecule has 110 valence electrons. The van der Waals surface area contributed by atoms with Gasteiger partial charge in [-0.25, -0.2) is 13.6 Å². The van der Waals surface area contributed by atoms with Crippen LogP contribution < -0.4 is 11.0 Å². The van der Waals surface area contributed by atoms with Crippen LogP contribution in [0.5, 0.6) is 0 Å². The van der Waals surface area contributed by atoms with Gasteiger partial charge in [-0.2, -0.15) is 4.98 Å². The van der Waals surface area contributed by atoms with E-state index in [0.29, 0.717) is 24.3 Å². The number of hydrogen-bond acceptors (Lipinski definition) is 4. The maximum atomic E-state index is 13.0. The van der Waals surface area contributed by atoms with E-state index in [1.807, 2.05) is 0 Å². The van der Waals surface area contributed by atoms with Gasteiger partial charge in [0.2, 0.25) is 0 Å². The van der Waals surface area contributed by atoms with Crippen molar-refractivity contribution in [3.8, 4) is 0 Å². The molecule has 0 bridgehead atoms. The van der Waals surface area contributed by atoms with Crippen LogP contribution in [0.3, 0.4) is 0 Å². The van der Waals surface area contributed by atoms with Crippen molar-refractivity contribution in [2.24, 2.45) is 0 Å². The fourth-order valence-electron chi connectivity index (χ4n) is 2.19. The molecule has 0 amide bonds. The van der Waals surface area contributed by atoms with Crippen molar-refractivity contribution in [3.63, 3.8) is 0 Å². The molecular weight excluding hydrogens is 280 g/mol.